The molecule has 4 nitrogen and oxygen atoms in total. The Bertz CT molecular complexity index is 619. The Kier molecular flexibility index (Phi) is 4.05. The number of sulfonamides is 1. The summed E-state index contributed by atoms with van der Waals surface area (Å²) in [5, 5.41) is 12.1. The number of rotatable bonds is 5. The highest BCUT2D eigenvalue weighted by molar-refractivity contribution is 7.89. The van der Waals surface area contributed by atoms with Gasteiger partial charge in [-0.25, -0.2) is 13.1 Å². The third-order valence-electron chi connectivity index (χ3n) is 2.71. The van der Waals surface area contributed by atoms with Gasteiger partial charge in [-0.2, -0.15) is 0 Å². The van der Waals surface area contributed by atoms with Crippen LogP contribution in [0.3, 0.4) is 0 Å². The Morgan fingerprint density at radius 2 is 1.89 bits per heavy atom. The van der Waals surface area contributed by atoms with Crippen LogP contribution in [-0.4, -0.2) is 20.1 Å². The number of hydrogen-bond acceptors (Lipinski definition) is 4. The average Bonchev–Trinajstić information content (AvgIpc) is 2.93. The molecule has 1 atom stereocenters. The largest absolute Gasteiger partial charge is 0.383 e. The van der Waals surface area contributed by atoms with E-state index >= 15 is 0 Å². The monoisotopic (exact) mass is 297 g/mol. The van der Waals surface area contributed by atoms with Gasteiger partial charge >= 0.3 is 0 Å². The minimum Gasteiger partial charge on any atom is -0.383 e. The zero-order valence-electron chi connectivity index (χ0n) is 10.4. The summed E-state index contributed by atoms with van der Waals surface area (Å²) in [6, 6.07) is 11.7. The van der Waals surface area contributed by atoms with Crippen molar-refractivity contribution in [1.82, 2.24) is 4.72 Å². The summed E-state index contributed by atoms with van der Waals surface area (Å²) in [6.45, 7) is 1.52. The average molecular weight is 297 g/mol. The highest BCUT2D eigenvalue weighted by atomic mass is 32.2. The maximum absolute atomic E-state index is 12.0. The molecule has 0 amide bonds. The van der Waals surface area contributed by atoms with Gasteiger partial charge in [0.25, 0.3) is 0 Å². The maximum Gasteiger partial charge on any atom is 0.240 e. The van der Waals surface area contributed by atoms with Gasteiger partial charge in [0.15, 0.2) is 0 Å². The fourth-order valence-corrected chi connectivity index (χ4v) is 3.53. The van der Waals surface area contributed by atoms with E-state index < -0.39 is 15.6 Å². The van der Waals surface area contributed by atoms with E-state index in [0.717, 1.165) is 4.88 Å². The molecule has 0 saturated carbocycles. The molecular formula is C13H15NO3S2. The Hall–Kier alpha value is -1.21. The Morgan fingerprint density at radius 3 is 2.47 bits per heavy atom. The van der Waals surface area contributed by atoms with Gasteiger partial charge in [0.1, 0.15) is 5.60 Å². The number of hydrogen-bond donors (Lipinski definition) is 2. The molecule has 0 unspecified atom stereocenters. The van der Waals surface area contributed by atoms with Crippen LogP contribution in [0.4, 0.5) is 0 Å². The van der Waals surface area contributed by atoms with Crippen molar-refractivity contribution < 1.29 is 13.5 Å². The van der Waals surface area contributed by atoms with E-state index in [2.05, 4.69) is 4.72 Å². The summed E-state index contributed by atoms with van der Waals surface area (Å²) in [5.74, 6) is 0. The lowest BCUT2D eigenvalue weighted by Crippen LogP contribution is -2.38. The molecule has 1 aromatic carbocycles. The predicted octanol–water partition coefficient (Wildman–Crippen LogP) is 1.93. The van der Waals surface area contributed by atoms with Gasteiger partial charge < -0.3 is 5.11 Å². The highest BCUT2D eigenvalue weighted by Gasteiger charge is 2.26. The molecule has 0 aliphatic rings. The van der Waals surface area contributed by atoms with E-state index in [9.17, 15) is 13.5 Å². The van der Waals surface area contributed by atoms with Crippen molar-refractivity contribution in [3.8, 4) is 0 Å². The van der Waals surface area contributed by atoms with Gasteiger partial charge in [0.05, 0.1) is 4.90 Å². The third kappa shape index (κ3) is 3.42. The van der Waals surface area contributed by atoms with Crippen molar-refractivity contribution in [2.45, 2.75) is 17.4 Å². The summed E-state index contributed by atoms with van der Waals surface area (Å²) in [7, 11) is -3.59. The first-order valence-corrected chi connectivity index (χ1v) is 8.09. The number of benzene rings is 1. The van der Waals surface area contributed by atoms with E-state index in [1.165, 1.54) is 23.5 Å². The summed E-state index contributed by atoms with van der Waals surface area (Å²) >= 11 is 1.39. The third-order valence-corrected chi connectivity index (χ3v) is 5.25. The zero-order valence-corrected chi connectivity index (χ0v) is 12.0. The van der Waals surface area contributed by atoms with Gasteiger partial charge in [-0.1, -0.05) is 24.3 Å². The second-order valence-electron chi connectivity index (χ2n) is 4.39. The molecule has 0 spiro atoms. The summed E-state index contributed by atoms with van der Waals surface area (Å²) in [6.07, 6.45) is 0. The van der Waals surface area contributed by atoms with Crippen LogP contribution in [0.25, 0.3) is 0 Å². The molecule has 1 aromatic heterocycles. The van der Waals surface area contributed by atoms with E-state index in [4.69, 9.17) is 0 Å². The standard InChI is InChI=1S/C13H15NO3S2/c1-13(15,12-8-5-9-18-12)10-14-19(16,17)11-6-3-2-4-7-11/h2-9,14-15H,10H2,1H3/t13-/m0/s1. The zero-order chi connectivity index (χ0) is 13.9. The number of aliphatic hydroxyl groups is 1. The van der Waals surface area contributed by atoms with E-state index in [1.54, 1.807) is 31.2 Å². The normalized spacial score (nSPS) is 15.1. The van der Waals surface area contributed by atoms with Gasteiger partial charge in [-0.15, -0.1) is 11.3 Å². The topological polar surface area (TPSA) is 66.4 Å². The SMILES string of the molecule is C[C@](O)(CNS(=O)(=O)c1ccccc1)c1cccs1. The van der Waals surface area contributed by atoms with Crippen molar-refractivity contribution in [3.05, 3.63) is 52.7 Å². The van der Waals surface area contributed by atoms with Crippen LogP contribution >= 0.6 is 11.3 Å². The number of nitrogens with one attached hydrogen (secondary N) is 1. The molecule has 2 N–H and O–H groups in total. The molecule has 0 saturated heterocycles. The highest BCUT2D eigenvalue weighted by Crippen LogP contribution is 2.24. The minimum atomic E-state index is -3.59. The van der Waals surface area contributed by atoms with Crippen LogP contribution in [0.2, 0.25) is 0 Å². The molecule has 2 rings (SSSR count). The summed E-state index contributed by atoms with van der Waals surface area (Å²) in [5.41, 5.74) is -1.21. The second kappa shape index (κ2) is 5.42. The lowest BCUT2D eigenvalue weighted by Gasteiger charge is -2.22. The Morgan fingerprint density at radius 1 is 1.21 bits per heavy atom. The molecule has 6 heteroatoms. The van der Waals surface area contributed by atoms with Crippen LogP contribution in [0.1, 0.15) is 11.8 Å². The van der Waals surface area contributed by atoms with Crippen molar-refractivity contribution in [3.63, 3.8) is 0 Å². The number of thiophene rings is 1. The summed E-state index contributed by atoms with van der Waals surface area (Å²) < 4.78 is 26.5. The lowest BCUT2D eigenvalue weighted by atomic mass is 10.1. The molecule has 1 heterocycles. The fourth-order valence-electron chi connectivity index (χ4n) is 1.59. The predicted molar refractivity (Wildman–Crippen MR) is 75.5 cm³/mol. The van der Waals surface area contributed by atoms with Gasteiger partial charge in [-0.3, -0.25) is 0 Å². The fraction of sp³-hybridized carbons (Fsp3) is 0.231. The molecule has 0 radical (unpaired) electrons. The molecule has 0 bridgehead atoms. The molecule has 0 aliphatic heterocycles. The second-order valence-corrected chi connectivity index (χ2v) is 7.10. The first kappa shape index (κ1) is 14.2. The molecule has 0 aliphatic carbocycles. The molecular weight excluding hydrogens is 282 g/mol. The van der Waals surface area contributed by atoms with E-state index in [-0.39, 0.29) is 11.4 Å². The smallest absolute Gasteiger partial charge is 0.240 e. The van der Waals surface area contributed by atoms with Gasteiger partial charge in [-0.05, 0) is 30.5 Å². The Balaban J connectivity index is 2.11. The Labute approximate surface area is 116 Å². The van der Waals surface area contributed by atoms with Gasteiger partial charge in [0, 0.05) is 11.4 Å². The molecule has 2 aromatic rings. The van der Waals surface area contributed by atoms with Crippen LogP contribution < -0.4 is 4.72 Å². The van der Waals surface area contributed by atoms with Gasteiger partial charge in [0.2, 0.25) is 10.0 Å². The molecule has 19 heavy (non-hydrogen) atoms. The quantitative estimate of drug-likeness (QED) is 0.886. The van der Waals surface area contributed by atoms with Crippen LogP contribution in [0.5, 0.6) is 0 Å². The first-order chi connectivity index (χ1) is 8.92. The van der Waals surface area contributed by atoms with Crippen LogP contribution in [-0.2, 0) is 15.6 Å². The van der Waals surface area contributed by atoms with Crippen LogP contribution in [0, 0.1) is 0 Å². The van der Waals surface area contributed by atoms with Crippen molar-refractivity contribution in [2.75, 3.05) is 6.54 Å². The molecule has 102 valence electrons. The summed E-state index contributed by atoms with van der Waals surface area (Å²) in [4.78, 5) is 0.917. The minimum absolute atomic E-state index is 0.0647. The van der Waals surface area contributed by atoms with E-state index in [1.807, 2.05) is 11.4 Å². The van der Waals surface area contributed by atoms with Crippen molar-refractivity contribution in [1.29, 1.82) is 0 Å². The first-order valence-electron chi connectivity index (χ1n) is 5.73. The lowest BCUT2D eigenvalue weighted by molar-refractivity contribution is 0.0666. The van der Waals surface area contributed by atoms with Crippen LogP contribution in [0.15, 0.2) is 52.7 Å². The van der Waals surface area contributed by atoms with Crippen molar-refractivity contribution >= 4 is 21.4 Å². The molecule has 0 fully saturated rings. The van der Waals surface area contributed by atoms with Crippen molar-refractivity contribution in [2.24, 2.45) is 0 Å². The van der Waals surface area contributed by atoms with E-state index in [0.29, 0.717) is 0 Å². The maximum atomic E-state index is 12.0.